The molecule has 1 unspecified atom stereocenters. The first-order valence-electron chi connectivity index (χ1n) is 11.7. The second kappa shape index (κ2) is 12.0. The molecular formula is C27H23N3O7S2. The average molecular weight is 566 g/mol. The third-order valence-electron chi connectivity index (χ3n) is 5.44. The SMILES string of the molecule is CCOc1ccc2nc(NC(=O)C(C)Sc3ccc(NC(=O)c4ccc(C(=O)O)cc4C(=O)O)cc3)sc2c1. The predicted octanol–water partition coefficient (Wildman–Crippen LogP) is 5.46. The monoisotopic (exact) mass is 565 g/mol. The van der Waals surface area contributed by atoms with E-state index in [0.717, 1.165) is 33.0 Å². The lowest BCUT2D eigenvalue weighted by atomic mass is 10.0. The highest BCUT2D eigenvalue weighted by Gasteiger charge is 2.20. The minimum Gasteiger partial charge on any atom is -0.494 e. The first-order chi connectivity index (χ1) is 18.6. The minimum absolute atomic E-state index is 0.166. The summed E-state index contributed by atoms with van der Waals surface area (Å²) in [5.74, 6) is -2.87. The van der Waals surface area contributed by atoms with E-state index in [4.69, 9.17) is 9.84 Å². The number of hydrogen-bond acceptors (Lipinski definition) is 8. The maximum Gasteiger partial charge on any atom is 0.336 e. The van der Waals surface area contributed by atoms with Gasteiger partial charge in [0.1, 0.15) is 5.75 Å². The lowest BCUT2D eigenvalue weighted by Gasteiger charge is -2.12. The molecule has 1 atom stereocenters. The molecule has 0 saturated carbocycles. The number of carboxylic acid groups (broad SMARTS) is 2. The van der Waals surface area contributed by atoms with Gasteiger partial charge in [0.2, 0.25) is 5.91 Å². The highest BCUT2D eigenvalue weighted by Crippen LogP contribution is 2.31. The van der Waals surface area contributed by atoms with Gasteiger partial charge < -0.3 is 25.6 Å². The fraction of sp³-hybridized carbons (Fsp3) is 0.148. The number of thioether (sulfide) groups is 1. The third kappa shape index (κ3) is 6.72. The second-order valence-corrected chi connectivity index (χ2v) is 10.6. The molecule has 0 aliphatic heterocycles. The maximum atomic E-state index is 12.8. The molecule has 0 spiro atoms. The van der Waals surface area contributed by atoms with Gasteiger partial charge in [-0.3, -0.25) is 9.59 Å². The molecular weight excluding hydrogens is 542 g/mol. The molecule has 12 heteroatoms. The number of carboxylic acids is 2. The Morgan fingerprint density at radius 3 is 2.36 bits per heavy atom. The van der Waals surface area contributed by atoms with Crippen LogP contribution in [0.25, 0.3) is 10.2 Å². The molecule has 0 radical (unpaired) electrons. The van der Waals surface area contributed by atoms with Crippen molar-refractivity contribution in [1.82, 2.24) is 4.98 Å². The van der Waals surface area contributed by atoms with E-state index in [1.54, 1.807) is 31.2 Å². The normalized spacial score (nSPS) is 11.5. The lowest BCUT2D eigenvalue weighted by Crippen LogP contribution is -2.22. The number of carbonyl (C=O) groups excluding carboxylic acids is 2. The Morgan fingerprint density at radius 2 is 1.69 bits per heavy atom. The molecule has 200 valence electrons. The van der Waals surface area contributed by atoms with Crippen LogP contribution < -0.4 is 15.4 Å². The Morgan fingerprint density at radius 1 is 0.949 bits per heavy atom. The molecule has 0 fully saturated rings. The number of fused-ring (bicyclic) bond motifs is 1. The Kier molecular flexibility index (Phi) is 8.47. The van der Waals surface area contributed by atoms with Crippen molar-refractivity contribution in [2.24, 2.45) is 0 Å². The van der Waals surface area contributed by atoms with Crippen molar-refractivity contribution in [3.8, 4) is 5.75 Å². The number of aromatic carboxylic acids is 2. The van der Waals surface area contributed by atoms with Crippen LogP contribution in [0.15, 0.2) is 65.6 Å². The van der Waals surface area contributed by atoms with Crippen LogP contribution in [0.2, 0.25) is 0 Å². The van der Waals surface area contributed by atoms with Crippen LogP contribution in [-0.4, -0.2) is 50.8 Å². The number of benzene rings is 3. The van der Waals surface area contributed by atoms with Gasteiger partial charge in [-0.15, -0.1) is 11.8 Å². The number of nitrogens with zero attached hydrogens (tertiary/aromatic N) is 1. The fourth-order valence-corrected chi connectivity index (χ4v) is 5.31. The van der Waals surface area contributed by atoms with E-state index in [1.807, 2.05) is 25.1 Å². The van der Waals surface area contributed by atoms with Crippen molar-refractivity contribution < 1.29 is 34.1 Å². The largest absolute Gasteiger partial charge is 0.494 e. The summed E-state index contributed by atoms with van der Waals surface area (Å²) in [4.78, 5) is 53.3. The van der Waals surface area contributed by atoms with Gasteiger partial charge in [0.05, 0.1) is 38.8 Å². The molecule has 3 aromatic carbocycles. The maximum absolute atomic E-state index is 12.8. The summed E-state index contributed by atoms with van der Waals surface area (Å²) < 4.78 is 6.41. The van der Waals surface area contributed by atoms with E-state index in [0.29, 0.717) is 17.4 Å². The number of aromatic nitrogens is 1. The number of carbonyl (C=O) groups is 4. The molecule has 10 nitrogen and oxygen atoms in total. The van der Waals surface area contributed by atoms with Crippen LogP contribution in [0.3, 0.4) is 0 Å². The standard InChI is InChI=1S/C27H23N3O7S2/c1-3-37-17-7-11-21-22(13-17)39-27(29-21)30-23(31)14(2)38-18-8-5-16(6-9-18)28-24(32)19-10-4-15(25(33)34)12-20(19)26(35)36/h4-14H,3H2,1-2H3,(H,28,32)(H,33,34)(H,35,36)(H,29,30,31). The Balaban J connectivity index is 1.37. The molecule has 39 heavy (non-hydrogen) atoms. The first-order valence-corrected chi connectivity index (χ1v) is 13.4. The Labute approximate surface area is 231 Å². The number of hydrogen-bond donors (Lipinski definition) is 4. The molecule has 0 aliphatic rings. The quantitative estimate of drug-likeness (QED) is 0.183. The number of rotatable bonds is 10. The van der Waals surface area contributed by atoms with Crippen molar-refractivity contribution in [2.45, 2.75) is 24.0 Å². The van der Waals surface area contributed by atoms with Crippen molar-refractivity contribution >= 4 is 67.9 Å². The Hall–Kier alpha value is -4.42. The first kappa shape index (κ1) is 27.6. The smallest absolute Gasteiger partial charge is 0.336 e. The van der Waals surface area contributed by atoms with Crippen LogP contribution in [0.4, 0.5) is 10.8 Å². The number of amides is 2. The zero-order chi connectivity index (χ0) is 28.1. The van der Waals surface area contributed by atoms with Crippen LogP contribution in [0.5, 0.6) is 5.75 Å². The highest BCUT2D eigenvalue weighted by atomic mass is 32.2. The van der Waals surface area contributed by atoms with E-state index in [2.05, 4.69) is 15.6 Å². The molecule has 4 aromatic rings. The second-order valence-electron chi connectivity index (χ2n) is 8.18. The van der Waals surface area contributed by atoms with Crippen LogP contribution in [0, 0.1) is 0 Å². The van der Waals surface area contributed by atoms with E-state index in [1.165, 1.54) is 29.2 Å². The average Bonchev–Trinajstić information content (AvgIpc) is 3.31. The zero-order valence-electron chi connectivity index (χ0n) is 20.8. The summed E-state index contributed by atoms with van der Waals surface area (Å²) in [7, 11) is 0. The summed E-state index contributed by atoms with van der Waals surface area (Å²) in [5, 5.41) is 24.0. The van der Waals surface area contributed by atoms with Gasteiger partial charge in [0.15, 0.2) is 5.13 Å². The predicted molar refractivity (Wildman–Crippen MR) is 149 cm³/mol. The van der Waals surface area contributed by atoms with Crippen LogP contribution in [-0.2, 0) is 4.79 Å². The van der Waals surface area contributed by atoms with Gasteiger partial charge in [0.25, 0.3) is 5.91 Å². The topological polar surface area (TPSA) is 155 Å². The molecule has 0 aliphatic carbocycles. The van der Waals surface area contributed by atoms with Gasteiger partial charge >= 0.3 is 11.9 Å². The number of nitrogens with one attached hydrogen (secondary N) is 2. The summed E-state index contributed by atoms with van der Waals surface area (Å²) in [6.07, 6.45) is 0. The van der Waals surface area contributed by atoms with Gasteiger partial charge in [-0.2, -0.15) is 0 Å². The van der Waals surface area contributed by atoms with Gasteiger partial charge in [-0.25, -0.2) is 14.6 Å². The van der Waals surface area contributed by atoms with E-state index in [-0.39, 0.29) is 17.0 Å². The van der Waals surface area contributed by atoms with E-state index in [9.17, 15) is 24.3 Å². The van der Waals surface area contributed by atoms with Gasteiger partial charge in [0, 0.05) is 10.6 Å². The summed E-state index contributed by atoms with van der Waals surface area (Å²) >= 11 is 2.68. The Bertz CT molecular complexity index is 1570. The highest BCUT2D eigenvalue weighted by molar-refractivity contribution is 8.00. The summed E-state index contributed by atoms with van der Waals surface area (Å²) in [6.45, 7) is 4.24. The number of thiazole rings is 1. The number of ether oxygens (including phenoxy) is 1. The summed E-state index contributed by atoms with van der Waals surface area (Å²) in [6, 6.07) is 15.5. The van der Waals surface area contributed by atoms with Crippen molar-refractivity contribution in [1.29, 1.82) is 0 Å². The van der Waals surface area contributed by atoms with Crippen molar-refractivity contribution in [2.75, 3.05) is 17.2 Å². The molecule has 0 bridgehead atoms. The van der Waals surface area contributed by atoms with E-state index >= 15 is 0 Å². The molecule has 1 aromatic heterocycles. The summed E-state index contributed by atoms with van der Waals surface area (Å²) in [5.41, 5.74) is 0.357. The molecule has 0 saturated heterocycles. The molecule has 4 rings (SSSR count). The van der Waals surface area contributed by atoms with Crippen molar-refractivity contribution in [3.63, 3.8) is 0 Å². The molecule has 4 N–H and O–H groups in total. The van der Waals surface area contributed by atoms with Gasteiger partial charge in [-0.05, 0) is 74.5 Å². The zero-order valence-corrected chi connectivity index (χ0v) is 22.4. The van der Waals surface area contributed by atoms with Crippen LogP contribution >= 0.6 is 23.1 Å². The molecule has 2 amide bonds. The number of anilines is 2. The lowest BCUT2D eigenvalue weighted by molar-refractivity contribution is -0.115. The van der Waals surface area contributed by atoms with Gasteiger partial charge in [-0.1, -0.05) is 11.3 Å². The van der Waals surface area contributed by atoms with Crippen molar-refractivity contribution in [3.05, 3.63) is 77.4 Å². The third-order valence-corrected chi connectivity index (χ3v) is 7.48. The van der Waals surface area contributed by atoms with E-state index < -0.39 is 28.7 Å². The molecule has 1 heterocycles. The fourth-order valence-electron chi connectivity index (χ4n) is 3.55. The van der Waals surface area contributed by atoms with Crippen LogP contribution in [0.1, 0.15) is 44.9 Å². The minimum atomic E-state index is -1.41.